The van der Waals surface area contributed by atoms with Crippen molar-refractivity contribution in [2.45, 2.75) is 38.1 Å². The monoisotopic (exact) mass is 422 g/mol. The third-order valence-corrected chi connectivity index (χ3v) is 5.74. The van der Waals surface area contributed by atoms with Crippen molar-refractivity contribution in [3.05, 3.63) is 71.8 Å². The van der Waals surface area contributed by atoms with Crippen LogP contribution in [0.4, 0.5) is 0 Å². The fraction of sp³-hybridized carbons (Fsp3) is 0.440. The highest BCUT2D eigenvalue weighted by atomic mass is 16.5. The van der Waals surface area contributed by atoms with Crippen LogP contribution in [0, 0.1) is 5.41 Å². The Bertz CT molecular complexity index is 852. The Hall–Kier alpha value is -2.70. The van der Waals surface area contributed by atoms with Gasteiger partial charge in [-0.1, -0.05) is 60.7 Å². The van der Waals surface area contributed by atoms with Crippen molar-refractivity contribution in [2.24, 2.45) is 15.4 Å². The zero-order valence-corrected chi connectivity index (χ0v) is 18.5. The molecule has 0 aliphatic carbocycles. The molecule has 0 unspecified atom stereocenters. The largest absolute Gasteiger partial charge is 0.470 e. The normalized spacial score (nSPS) is 25.5. The number of aliphatic imine (C=N–C) groups is 2. The van der Waals surface area contributed by atoms with E-state index in [0.717, 1.165) is 11.1 Å². The molecule has 0 saturated heterocycles. The lowest BCUT2D eigenvalue weighted by Crippen LogP contribution is -2.34. The molecule has 0 saturated carbocycles. The van der Waals surface area contributed by atoms with Crippen molar-refractivity contribution in [2.75, 3.05) is 27.4 Å². The van der Waals surface area contributed by atoms with Crippen LogP contribution < -0.4 is 0 Å². The van der Waals surface area contributed by atoms with E-state index < -0.39 is 5.41 Å². The van der Waals surface area contributed by atoms with Crippen LogP contribution in [0.3, 0.4) is 0 Å². The van der Waals surface area contributed by atoms with E-state index in [2.05, 4.69) is 24.3 Å². The molecular formula is C25H30N2O4. The zero-order chi connectivity index (χ0) is 21.8. The smallest absolute Gasteiger partial charge is 0.199 e. The van der Waals surface area contributed by atoms with Crippen molar-refractivity contribution < 1.29 is 18.9 Å². The summed E-state index contributed by atoms with van der Waals surface area (Å²) in [5.41, 5.74) is 1.53. The van der Waals surface area contributed by atoms with Gasteiger partial charge >= 0.3 is 0 Å². The highest BCUT2D eigenvalue weighted by molar-refractivity contribution is 6.05. The minimum absolute atomic E-state index is 0.122. The first kappa shape index (κ1) is 21.5. The van der Waals surface area contributed by atoms with Gasteiger partial charge in [0.1, 0.15) is 29.7 Å². The SMILES string of the molecule is COC[C@@H]1N=C(C(C)(C)C2=N[C@@H](COC)[C@H](c3ccccc3)O2)O[C@H]1c1ccccc1. The molecule has 2 heterocycles. The Kier molecular flexibility index (Phi) is 6.39. The van der Waals surface area contributed by atoms with E-state index in [4.69, 9.17) is 28.9 Å². The van der Waals surface area contributed by atoms with E-state index in [0.29, 0.717) is 25.0 Å². The fourth-order valence-corrected chi connectivity index (χ4v) is 4.06. The van der Waals surface area contributed by atoms with Gasteiger partial charge in [0.2, 0.25) is 0 Å². The van der Waals surface area contributed by atoms with Crippen LogP contribution in [0.1, 0.15) is 37.2 Å². The number of benzene rings is 2. The van der Waals surface area contributed by atoms with Crippen molar-refractivity contribution >= 4 is 11.8 Å². The number of methoxy groups -OCH3 is 2. The van der Waals surface area contributed by atoms with Gasteiger partial charge in [-0.15, -0.1) is 0 Å². The van der Waals surface area contributed by atoms with Crippen molar-refractivity contribution in [1.82, 2.24) is 0 Å². The summed E-state index contributed by atoms with van der Waals surface area (Å²) in [7, 11) is 3.37. The van der Waals surface area contributed by atoms with Crippen LogP contribution >= 0.6 is 0 Å². The van der Waals surface area contributed by atoms with Gasteiger partial charge in [-0.25, -0.2) is 9.98 Å². The Morgan fingerprint density at radius 1 is 0.710 bits per heavy atom. The van der Waals surface area contributed by atoms with Gasteiger partial charge in [0.05, 0.1) is 13.2 Å². The second kappa shape index (κ2) is 9.20. The quantitative estimate of drug-likeness (QED) is 0.633. The average Bonchev–Trinajstić information content (AvgIpc) is 3.41. The second-order valence-electron chi connectivity index (χ2n) is 8.44. The maximum Gasteiger partial charge on any atom is 0.199 e. The van der Waals surface area contributed by atoms with E-state index in [1.165, 1.54) is 0 Å². The lowest BCUT2D eigenvalue weighted by molar-refractivity contribution is 0.108. The Labute approximate surface area is 183 Å². The third-order valence-electron chi connectivity index (χ3n) is 5.74. The van der Waals surface area contributed by atoms with E-state index in [1.54, 1.807) is 14.2 Å². The number of nitrogens with zero attached hydrogens (tertiary/aromatic N) is 2. The van der Waals surface area contributed by atoms with Crippen molar-refractivity contribution in [3.8, 4) is 0 Å². The summed E-state index contributed by atoms with van der Waals surface area (Å²) in [5, 5.41) is 0. The first-order chi connectivity index (χ1) is 15.0. The van der Waals surface area contributed by atoms with Gasteiger partial charge in [0, 0.05) is 14.2 Å². The molecule has 2 aromatic rings. The Balaban J connectivity index is 1.59. The van der Waals surface area contributed by atoms with Crippen molar-refractivity contribution in [1.29, 1.82) is 0 Å². The summed E-state index contributed by atoms with van der Waals surface area (Å²) >= 11 is 0. The van der Waals surface area contributed by atoms with Crippen LogP contribution in [-0.2, 0) is 18.9 Å². The summed E-state index contributed by atoms with van der Waals surface area (Å²) in [6.07, 6.45) is -0.394. The van der Waals surface area contributed by atoms with Gasteiger partial charge in [-0.2, -0.15) is 0 Å². The molecule has 0 amide bonds. The molecule has 0 bridgehead atoms. The molecule has 6 heteroatoms. The van der Waals surface area contributed by atoms with Crippen LogP contribution in [0.2, 0.25) is 0 Å². The van der Waals surface area contributed by atoms with E-state index in [-0.39, 0.29) is 24.3 Å². The lowest BCUT2D eigenvalue weighted by atomic mass is 9.93. The summed E-state index contributed by atoms with van der Waals surface area (Å²) in [6.45, 7) is 5.04. The van der Waals surface area contributed by atoms with E-state index in [9.17, 15) is 0 Å². The minimum atomic E-state index is -0.620. The fourth-order valence-electron chi connectivity index (χ4n) is 4.06. The molecule has 0 fully saturated rings. The third kappa shape index (κ3) is 4.36. The molecule has 2 aliphatic rings. The molecule has 2 aliphatic heterocycles. The Morgan fingerprint density at radius 2 is 1.10 bits per heavy atom. The maximum absolute atomic E-state index is 6.40. The van der Waals surface area contributed by atoms with Crippen molar-refractivity contribution in [3.63, 3.8) is 0 Å². The average molecular weight is 423 g/mol. The van der Waals surface area contributed by atoms with Gasteiger partial charge in [-0.05, 0) is 25.0 Å². The number of hydrogen-bond acceptors (Lipinski definition) is 6. The highest BCUT2D eigenvalue weighted by Gasteiger charge is 2.47. The van der Waals surface area contributed by atoms with E-state index in [1.807, 2.05) is 50.2 Å². The molecule has 2 aromatic carbocycles. The molecule has 4 rings (SSSR count). The molecule has 164 valence electrons. The zero-order valence-electron chi connectivity index (χ0n) is 18.5. The maximum atomic E-state index is 6.40. The van der Waals surface area contributed by atoms with Gasteiger partial charge < -0.3 is 18.9 Å². The van der Waals surface area contributed by atoms with Gasteiger partial charge in [0.25, 0.3) is 0 Å². The van der Waals surface area contributed by atoms with E-state index >= 15 is 0 Å². The van der Waals surface area contributed by atoms with Gasteiger partial charge in [0.15, 0.2) is 11.8 Å². The molecule has 6 nitrogen and oxygen atoms in total. The standard InChI is InChI=1S/C25H30N2O4/c1-25(2,23-26-19(15-28-3)21(30-23)17-11-7-5-8-12-17)24-27-20(16-29-4)22(31-24)18-13-9-6-10-14-18/h5-14,19-22H,15-16H2,1-4H3/t19-,20-,21-,22-/m0/s1. The van der Waals surface area contributed by atoms with Crippen LogP contribution in [-0.4, -0.2) is 51.3 Å². The second-order valence-corrected chi connectivity index (χ2v) is 8.44. The highest BCUT2D eigenvalue weighted by Crippen LogP contribution is 2.40. The summed E-state index contributed by atoms with van der Waals surface area (Å²) < 4.78 is 23.7. The molecule has 0 spiro atoms. The number of ether oxygens (including phenoxy) is 4. The Morgan fingerprint density at radius 3 is 1.45 bits per heavy atom. The van der Waals surface area contributed by atoms with Crippen LogP contribution in [0.5, 0.6) is 0 Å². The molecular weight excluding hydrogens is 392 g/mol. The molecule has 31 heavy (non-hydrogen) atoms. The minimum Gasteiger partial charge on any atom is -0.470 e. The number of rotatable bonds is 8. The summed E-state index contributed by atoms with van der Waals surface area (Å²) in [6, 6.07) is 20.0. The molecule has 4 atom stereocenters. The predicted octanol–water partition coefficient (Wildman–Crippen LogP) is 4.38. The predicted molar refractivity (Wildman–Crippen MR) is 121 cm³/mol. The van der Waals surface area contributed by atoms with Crippen LogP contribution in [0.15, 0.2) is 70.6 Å². The summed E-state index contributed by atoms with van der Waals surface area (Å²) in [5.74, 6) is 1.24. The molecule has 0 radical (unpaired) electrons. The molecule has 0 N–H and O–H groups in total. The number of hydrogen-bond donors (Lipinski definition) is 0. The van der Waals surface area contributed by atoms with Crippen LogP contribution in [0.25, 0.3) is 0 Å². The van der Waals surface area contributed by atoms with Gasteiger partial charge in [-0.3, -0.25) is 0 Å². The summed E-state index contributed by atoms with van der Waals surface area (Å²) in [4.78, 5) is 9.80. The topological polar surface area (TPSA) is 61.6 Å². The first-order valence-corrected chi connectivity index (χ1v) is 10.6. The first-order valence-electron chi connectivity index (χ1n) is 10.6. The molecule has 0 aromatic heterocycles. The lowest BCUT2D eigenvalue weighted by Gasteiger charge is -2.26.